The van der Waals surface area contributed by atoms with Crippen LogP contribution in [0.5, 0.6) is 11.5 Å². The van der Waals surface area contributed by atoms with Gasteiger partial charge in [0.25, 0.3) is 5.91 Å². The summed E-state index contributed by atoms with van der Waals surface area (Å²) in [6, 6.07) is 9.88. The third kappa shape index (κ3) is 4.44. The SMILES string of the molecule is CCOc1ccc(C(=O)N2CCCC2)cc1COc1cc(C)cc(C)c1C. The van der Waals surface area contributed by atoms with Crippen LogP contribution in [0.2, 0.25) is 0 Å². The van der Waals surface area contributed by atoms with E-state index in [0.717, 1.165) is 48.6 Å². The van der Waals surface area contributed by atoms with E-state index in [-0.39, 0.29) is 5.91 Å². The Labute approximate surface area is 162 Å². The molecule has 1 aliphatic rings. The summed E-state index contributed by atoms with van der Waals surface area (Å²) in [5.74, 6) is 1.75. The van der Waals surface area contributed by atoms with Gasteiger partial charge in [-0.05, 0) is 81.5 Å². The Kier molecular flexibility index (Phi) is 6.04. The molecule has 0 atom stereocenters. The van der Waals surface area contributed by atoms with E-state index in [1.54, 1.807) is 0 Å². The maximum atomic E-state index is 12.7. The van der Waals surface area contributed by atoms with Gasteiger partial charge in [-0.1, -0.05) is 6.07 Å². The summed E-state index contributed by atoms with van der Waals surface area (Å²) in [6.07, 6.45) is 2.18. The summed E-state index contributed by atoms with van der Waals surface area (Å²) in [4.78, 5) is 14.7. The van der Waals surface area contributed by atoms with Crippen LogP contribution in [0.1, 0.15) is 52.4 Å². The van der Waals surface area contributed by atoms with Crippen molar-refractivity contribution in [1.82, 2.24) is 4.90 Å². The van der Waals surface area contributed by atoms with E-state index in [0.29, 0.717) is 18.8 Å². The van der Waals surface area contributed by atoms with Gasteiger partial charge in [0.2, 0.25) is 0 Å². The third-order valence-corrected chi connectivity index (χ3v) is 5.15. The number of benzene rings is 2. The lowest BCUT2D eigenvalue weighted by Gasteiger charge is -2.18. The van der Waals surface area contributed by atoms with Crippen molar-refractivity contribution >= 4 is 5.91 Å². The van der Waals surface area contributed by atoms with E-state index < -0.39 is 0 Å². The molecule has 4 heteroatoms. The molecule has 0 unspecified atom stereocenters. The van der Waals surface area contributed by atoms with Gasteiger partial charge < -0.3 is 14.4 Å². The molecule has 0 N–H and O–H groups in total. The zero-order valence-electron chi connectivity index (χ0n) is 16.8. The van der Waals surface area contributed by atoms with Gasteiger partial charge in [0.1, 0.15) is 18.1 Å². The highest BCUT2D eigenvalue weighted by atomic mass is 16.5. The highest BCUT2D eigenvalue weighted by molar-refractivity contribution is 5.94. The Bertz CT molecular complexity index is 823. The standard InChI is InChI=1S/C23H29NO3/c1-5-26-21-9-8-19(23(25)24-10-6-7-11-24)14-20(21)15-27-22-13-16(2)12-17(3)18(22)4/h8-9,12-14H,5-7,10-11,15H2,1-4H3. The molecule has 1 saturated heterocycles. The average Bonchev–Trinajstić information content (AvgIpc) is 3.18. The number of likely N-dealkylation sites (tertiary alicyclic amines) is 1. The normalized spacial score (nSPS) is 13.7. The molecule has 1 amide bonds. The van der Waals surface area contributed by atoms with Gasteiger partial charge in [-0.15, -0.1) is 0 Å². The summed E-state index contributed by atoms with van der Waals surface area (Å²) in [6.45, 7) is 10.8. The van der Waals surface area contributed by atoms with Crippen molar-refractivity contribution in [3.63, 3.8) is 0 Å². The Morgan fingerprint density at radius 2 is 1.74 bits per heavy atom. The van der Waals surface area contributed by atoms with Gasteiger partial charge in [0, 0.05) is 24.2 Å². The average molecular weight is 367 g/mol. The fourth-order valence-corrected chi connectivity index (χ4v) is 3.53. The quantitative estimate of drug-likeness (QED) is 0.734. The maximum absolute atomic E-state index is 12.7. The number of aryl methyl sites for hydroxylation is 2. The topological polar surface area (TPSA) is 38.8 Å². The number of rotatable bonds is 6. The van der Waals surface area contributed by atoms with Crippen LogP contribution in [0.4, 0.5) is 0 Å². The summed E-state index contributed by atoms with van der Waals surface area (Å²) in [7, 11) is 0. The van der Waals surface area contributed by atoms with Crippen molar-refractivity contribution < 1.29 is 14.3 Å². The first-order valence-electron chi connectivity index (χ1n) is 9.75. The Morgan fingerprint density at radius 3 is 2.44 bits per heavy atom. The zero-order chi connectivity index (χ0) is 19.4. The summed E-state index contributed by atoms with van der Waals surface area (Å²) >= 11 is 0. The van der Waals surface area contributed by atoms with Gasteiger partial charge in [0.05, 0.1) is 6.61 Å². The van der Waals surface area contributed by atoms with Gasteiger partial charge >= 0.3 is 0 Å². The van der Waals surface area contributed by atoms with Crippen molar-refractivity contribution in [2.75, 3.05) is 19.7 Å². The second kappa shape index (κ2) is 8.47. The van der Waals surface area contributed by atoms with E-state index in [9.17, 15) is 4.79 Å². The molecule has 1 aliphatic heterocycles. The first-order valence-corrected chi connectivity index (χ1v) is 9.75. The number of ether oxygens (including phenoxy) is 2. The molecule has 1 fully saturated rings. The molecule has 144 valence electrons. The second-order valence-electron chi connectivity index (χ2n) is 7.25. The predicted octanol–water partition coefficient (Wildman–Crippen LogP) is 4.83. The third-order valence-electron chi connectivity index (χ3n) is 5.15. The lowest BCUT2D eigenvalue weighted by molar-refractivity contribution is 0.0792. The Morgan fingerprint density at radius 1 is 1.00 bits per heavy atom. The van der Waals surface area contributed by atoms with Crippen LogP contribution in [0.3, 0.4) is 0 Å². The molecule has 0 saturated carbocycles. The molecule has 27 heavy (non-hydrogen) atoms. The van der Waals surface area contributed by atoms with E-state index in [4.69, 9.17) is 9.47 Å². The number of carbonyl (C=O) groups is 1. The summed E-state index contributed by atoms with van der Waals surface area (Å²) in [5.41, 5.74) is 5.14. The first-order chi connectivity index (χ1) is 13.0. The lowest BCUT2D eigenvalue weighted by atomic mass is 10.1. The van der Waals surface area contributed by atoms with E-state index in [1.165, 1.54) is 11.1 Å². The van der Waals surface area contributed by atoms with Gasteiger partial charge in [-0.25, -0.2) is 0 Å². The summed E-state index contributed by atoms with van der Waals surface area (Å²) < 4.78 is 11.9. The fourth-order valence-electron chi connectivity index (χ4n) is 3.53. The smallest absolute Gasteiger partial charge is 0.253 e. The maximum Gasteiger partial charge on any atom is 0.253 e. The van der Waals surface area contributed by atoms with Crippen molar-refractivity contribution in [3.05, 3.63) is 58.1 Å². The van der Waals surface area contributed by atoms with Crippen LogP contribution >= 0.6 is 0 Å². The number of hydrogen-bond donors (Lipinski definition) is 0. The molecule has 0 aliphatic carbocycles. The molecule has 0 bridgehead atoms. The molecule has 1 heterocycles. The molecule has 0 radical (unpaired) electrons. The zero-order valence-corrected chi connectivity index (χ0v) is 16.8. The summed E-state index contributed by atoms with van der Waals surface area (Å²) in [5, 5.41) is 0. The van der Waals surface area contributed by atoms with Crippen LogP contribution in [0.25, 0.3) is 0 Å². The first kappa shape index (κ1) is 19.3. The molecular weight excluding hydrogens is 338 g/mol. The Balaban J connectivity index is 1.84. The molecule has 2 aromatic rings. The van der Waals surface area contributed by atoms with Crippen LogP contribution in [-0.4, -0.2) is 30.5 Å². The lowest BCUT2D eigenvalue weighted by Crippen LogP contribution is -2.27. The van der Waals surface area contributed by atoms with Crippen LogP contribution < -0.4 is 9.47 Å². The van der Waals surface area contributed by atoms with Crippen molar-refractivity contribution in [3.8, 4) is 11.5 Å². The minimum absolute atomic E-state index is 0.0966. The fraction of sp³-hybridized carbons (Fsp3) is 0.435. The highest BCUT2D eigenvalue weighted by Crippen LogP contribution is 2.27. The van der Waals surface area contributed by atoms with E-state index >= 15 is 0 Å². The largest absolute Gasteiger partial charge is 0.493 e. The minimum atomic E-state index is 0.0966. The van der Waals surface area contributed by atoms with Crippen molar-refractivity contribution in [2.24, 2.45) is 0 Å². The molecule has 3 rings (SSSR count). The minimum Gasteiger partial charge on any atom is -0.493 e. The van der Waals surface area contributed by atoms with Crippen LogP contribution in [-0.2, 0) is 6.61 Å². The predicted molar refractivity (Wildman–Crippen MR) is 108 cm³/mol. The number of nitrogens with zero attached hydrogens (tertiary/aromatic N) is 1. The van der Waals surface area contributed by atoms with Gasteiger partial charge in [-0.3, -0.25) is 4.79 Å². The van der Waals surface area contributed by atoms with Gasteiger partial charge in [-0.2, -0.15) is 0 Å². The second-order valence-corrected chi connectivity index (χ2v) is 7.25. The van der Waals surface area contributed by atoms with E-state index in [2.05, 4.69) is 32.9 Å². The molecule has 0 spiro atoms. The van der Waals surface area contributed by atoms with Crippen LogP contribution in [0.15, 0.2) is 30.3 Å². The number of carbonyl (C=O) groups excluding carboxylic acids is 1. The van der Waals surface area contributed by atoms with Crippen molar-refractivity contribution in [1.29, 1.82) is 0 Å². The molecule has 2 aromatic carbocycles. The number of hydrogen-bond acceptors (Lipinski definition) is 3. The molecule has 0 aromatic heterocycles. The van der Waals surface area contributed by atoms with Gasteiger partial charge in [0.15, 0.2) is 0 Å². The van der Waals surface area contributed by atoms with E-state index in [1.807, 2.05) is 30.0 Å². The Hall–Kier alpha value is -2.49. The highest BCUT2D eigenvalue weighted by Gasteiger charge is 2.20. The van der Waals surface area contributed by atoms with Crippen LogP contribution in [0, 0.1) is 20.8 Å². The monoisotopic (exact) mass is 367 g/mol. The number of amides is 1. The molecule has 4 nitrogen and oxygen atoms in total. The van der Waals surface area contributed by atoms with Crippen molar-refractivity contribution in [2.45, 2.75) is 47.1 Å². The molecular formula is C23H29NO3.